The number of hydrogen-bond acceptors (Lipinski definition) is 3. The zero-order chi connectivity index (χ0) is 20.1. The molecular formula is C22H39NOSSi2. The van der Waals surface area contributed by atoms with E-state index in [1.54, 1.807) is 0 Å². The monoisotopic (exact) mass is 421 g/mol. The zero-order valence-corrected chi connectivity index (χ0v) is 21.3. The van der Waals surface area contributed by atoms with Gasteiger partial charge in [-0.15, -0.1) is 0 Å². The van der Waals surface area contributed by atoms with Crippen LogP contribution in [0.1, 0.15) is 31.7 Å². The molecule has 0 amide bonds. The molecule has 0 bridgehead atoms. The van der Waals surface area contributed by atoms with E-state index in [1.165, 1.54) is 42.0 Å². The first-order chi connectivity index (χ1) is 12.6. The van der Waals surface area contributed by atoms with Crippen molar-refractivity contribution in [1.82, 2.24) is 4.90 Å². The van der Waals surface area contributed by atoms with Gasteiger partial charge in [0.25, 0.3) is 0 Å². The highest BCUT2D eigenvalue weighted by Crippen LogP contribution is 2.32. The van der Waals surface area contributed by atoms with E-state index >= 15 is 0 Å². The fraction of sp³-hybridized carbons (Fsp3) is 0.636. The number of nitrogens with zero attached hydrogens (tertiary/aromatic N) is 1. The van der Waals surface area contributed by atoms with Crippen molar-refractivity contribution in [1.29, 1.82) is 0 Å². The second kappa shape index (κ2) is 9.70. The Hall–Kier alpha value is -0.656. The van der Waals surface area contributed by atoms with Crippen LogP contribution in [-0.2, 0) is 10.8 Å². The maximum Gasteiger partial charge on any atom is 0.244 e. The highest BCUT2D eigenvalue weighted by Gasteiger charge is 2.31. The van der Waals surface area contributed by atoms with Crippen LogP contribution in [0.4, 0.5) is 0 Å². The topological polar surface area (TPSA) is 12.5 Å². The third-order valence-corrected chi connectivity index (χ3v) is 10.0. The highest BCUT2D eigenvalue weighted by molar-refractivity contribution is 8.28. The lowest BCUT2D eigenvalue weighted by atomic mass is 10.1. The summed E-state index contributed by atoms with van der Waals surface area (Å²) in [5.41, 5.74) is 2.75. The average Bonchev–Trinajstić information content (AvgIpc) is 2.99. The molecule has 27 heavy (non-hydrogen) atoms. The molecule has 1 aromatic carbocycles. The van der Waals surface area contributed by atoms with Gasteiger partial charge in [-0.05, 0) is 69.1 Å². The van der Waals surface area contributed by atoms with Gasteiger partial charge >= 0.3 is 0 Å². The molecule has 0 aliphatic carbocycles. The molecule has 0 radical (unpaired) electrons. The van der Waals surface area contributed by atoms with Crippen LogP contribution in [-0.4, -0.2) is 38.8 Å². The number of benzene rings is 1. The molecule has 1 atom stereocenters. The molecular weight excluding hydrogens is 382 g/mol. The maximum atomic E-state index is 6.68. The summed E-state index contributed by atoms with van der Waals surface area (Å²) < 4.78 is 6.68. The van der Waals surface area contributed by atoms with E-state index in [2.05, 4.69) is 92.6 Å². The lowest BCUT2D eigenvalue weighted by Gasteiger charge is -2.35. The molecule has 2 rings (SSSR count). The van der Waals surface area contributed by atoms with E-state index in [1.807, 2.05) is 0 Å². The van der Waals surface area contributed by atoms with Gasteiger partial charge in [-0.2, -0.15) is 11.2 Å². The first kappa shape index (κ1) is 22.6. The van der Waals surface area contributed by atoms with Crippen molar-refractivity contribution >= 4 is 26.8 Å². The summed E-state index contributed by atoms with van der Waals surface area (Å²) in [4.78, 5) is 2.61. The highest BCUT2D eigenvalue weighted by atomic mass is 32.4. The van der Waals surface area contributed by atoms with Crippen LogP contribution >= 0.6 is 11.2 Å². The predicted molar refractivity (Wildman–Crippen MR) is 127 cm³/mol. The Morgan fingerprint density at radius 1 is 1.11 bits per heavy atom. The van der Waals surface area contributed by atoms with Gasteiger partial charge in [0, 0.05) is 12.6 Å². The Bertz CT molecular complexity index is 619. The minimum absolute atomic E-state index is 0.644. The average molecular weight is 422 g/mol. The second-order valence-electron chi connectivity index (χ2n) is 9.70. The Kier molecular flexibility index (Phi) is 8.13. The number of rotatable bonds is 9. The lowest BCUT2D eigenvalue weighted by Crippen LogP contribution is -2.37. The summed E-state index contributed by atoms with van der Waals surface area (Å²) in [5, 5.41) is 0. The van der Waals surface area contributed by atoms with Crippen molar-refractivity contribution in [3.8, 4) is 0 Å². The van der Waals surface area contributed by atoms with Gasteiger partial charge in [0.15, 0.2) is 5.88 Å². The van der Waals surface area contributed by atoms with Crippen molar-refractivity contribution in [2.75, 3.05) is 12.3 Å². The Morgan fingerprint density at radius 2 is 1.78 bits per heavy atom. The molecule has 1 aliphatic heterocycles. The molecule has 0 unspecified atom stereocenters. The third kappa shape index (κ3) is 8.08. The molecule has 1 saturated heterocycles. The maximum absolute atomic E-state index is 6.68. The number of likely N-dealkylation sites (tertiary alicyclic amines) is 1. The van der Waals surface area contributed by atoms with Crippen molar-refractivity contribution in [2.24, 2.45) is 0 Å². The Morgan fingerprint density at radius 3 is 2.37 bits per heavy atom. The molecule has 1 aromatic rings. The quantitative estimate of drug-likeness (QED) is 0.324. The van der Waals surface area contributed by atoms with Crippen LogP contribution in [0, 0.1) is 0 Å². The molecule has 2 nitrogen and oxygen atoms in total. The predicted octanol–water partition coefficient (Wildman–Crippen LogP) is 6.73. The van der Waals surface area contributed by atoms with Gasteiger partial charge in [-0.3, -0.25) is 0 Å². The zero-order valence-electron chi connectivity index (χ0n) is 18.5. The molecule has 5 heteroatoms. The van der Waals surface area contributed by atoms with E-state index in [0.717, 1.165) is 13.0 Å². The smallest absolute Gasteiger partial charge is 0.244 e. The van der Waals surface area contributed by atoms with Gasteiger partial charge in [-0.25, -0.2) is 0 Å². The van der Waals surface area contributed by atoms with Crippen LogP contribution in [0.3, 0.4) is 0 Å². The van der Waals surface area contributed by atoms with Gasteiger partial charge in [0.1, 0.15) is 7.22 Å². The van der Waals surface area contributed by atoms with Crippen LogP contribution in [0.15, 0.2) is 41.8 Å². The summed E-state index contributed by atoms with van der Waals surface area (Å²) in [6, 6.07) is 11.4. The molecule has 0 saturated carbocycles. The van der Waals surface area contributed by atoms with E-state index in [9.17, 15) is 0 Å². The minimum atomic E-state index is -1.66. The Balaban J connectivity index is 2.17. The standard InChI is InChI=1S/C22H39NOSSi2/c1-19(18-20-12-9-8-10-13-20)22(24-26(2,3)4)23-16-11-14-21(23)15-17-25-27(5,6)7/h8-10,12-13,21H,11,14-18H2,1-7H3/b22-19+/t21-/m0/s1. The SMILES string of the molecule is C/C(Cc1ccccc1)=C(\O[Si](C)(C)C)N1CCC[C@H]1CCS[Si](C)(C)C. The van der Waals surface area contributed by atoms with Crippen molar-refractivity contribution in [2.45, 2.75) is 77.9 Å². The summed E-state index contributed by atoms with van der Waals surface area (Å²) in [7, 11) is -2.68. The van der Waals surface area contributed by atoms with Crippen LogP contribution in [0.2, 0.25) is 39.3 Å². The normalized spacial score (nSPS) is 19.2. The molecule has 1 fully saturated rings. The molecule has 152 valence electrons. The summed E-state index contributed by atoms with van der Waals surface area (Å²) >= 11 is 2.22. The Labute approximate surface area is 173 Å². The lowest BCUT2D eigenvalue weighted by molar-refractivity contribution is 0.190. The van der Waals surface area contributed by atoms with Gasteiger partial charge in [0.05, 0.1) is 0 Å². The molecule has 0 N–H and O–H groups in total. The van der Waals surface area contributed by atoms with Crippen LogP contribution in [0.25, 0.3) is 0 Å². The first-order valence-electron chi connectivity index (χ1n) is 10.4. The van der Waals surface area contributed by atoms with Gasteiger partial charge in [-0.1, -0.05) is 50.0 Å². The van der Waals surface area contributed by atoms with Crippen molar-refractivity contribution in [3.05, 3.63) is 47.4 Å². The second-order valence-corrected chi connectivity index (χ2v) is 23.6. The fourth-order valence-corrected chi connectivity index (χ4v) is 7.63. The van der Waals surface area contributed by atoms with E-state index in [4.69, 9.17) is 4.43 Å². The summed E-state index contributed by atoms with van der Waals surface area (Å²) in [6.45, 7) is 17.7. The van der Waals surface area contributed by atoms with Gasteiger partial charge < -0.3 is 9.33 Å². The third-order valence-electron chi connectivity index (χ3n) is 4.70. The van der Waals surface area contributed by atoms with Crippen molar-refractivity contribution in [3.63, 3.8) is 0 Å². The molecule has 0 spiro atoms. The fourth-order valence-electron chi connectivity index (χ4n) is 3.56. The molecule has 0 aromatic heterocycles. The first-order valence-corrected chi connectivity index (χ1v) is 19.0. The summed E-state index contributed by atoms with van der Waals surface area (Å²) in [6.07, 6.45) is 4.86. The van der Waals surface area contributed by atoms with Gasteiger partial charge in [0.2, 0.25) is 8.32 Å². The van der Waals surface area contributed by atoms with Crippen molar-refractivity contribution < 1.29 is 4.43 Å². The number of hydrogen-bond donors (Lipinski definition) is 0. The number of allylic oxidation sites excluding steroid dienone is 1. The largest absolute Gasteiger partial charge is 0.533 e. The summed E-state index contributed by atoms with van der Waals surface area (Å²) in [5.74, 6) is 2.48. The van der Waals surface area contributed by atoms with Crippen LogP contribution in [0.5, 0.6) is 0 Å². The van der Waals surface area contributed by atoms with E-state index in [0.29, 0.717) is 6.04 Å². The molecule has 1 aliphatic rings. The minimum Gasteiger partial charge on any atom is -0.533 e. The van der Waals surface area contributed by atoms with E-state index < -0.39 is 15.5 Å². The van der Waals surface area contributed by atoms with E-state index in [-0.39, 0.29) is 0 Å². The van der Waals surface area contributed by atoms with Crippen LogP contribution < -0.4 is 0 Å². The molecule has 1 heterocycles.